The zero-order valence-electron chi connectivity index (χ0n) is 14.2. The number of aromatic nitrogens is 2. The molecule has 132 valence electrons. The fourth-order valence-corrected chi connectivity index (χ4v) is 3.43. The van der Waals surface area contributed by atoms with E-state index in [2.05, 4.69) is 10.3 Å². The van der Waals surface area contributed by atoms with Crippen LogP contribution >= 0.6 is 11.6 Å². The molecule has 26 heavy (non-hydrogen) atoms. The fourth-order valence-electron chi connectivity index (χ4n) is 3.24. The van der Waals surface area contributed by atoms with Crippen LogP contribution in [0.15, 0.2) is 47.3 Å². The molecule has 0 atom stereocenters. The van der Waals surface area contributed by atoms with E-state index in [9.17, 15) is 9.59 Å². The summed E-state index contributed by atoms with van der Waals surface area (Å²) in [7, 11) is 0. The Hall–Kier alpha value is -2.86. The van der Waals surface area contributed by atoms with Gasteiger partial charge in [0.2, 0.25) is 0 Å². The monoisotopic (exact) mass is 368 g/mol. The number of rotatable bonds is 1. The number of anilines is 1. The van der Waals surface area contributed by atoms with E-state index in [-0.39, 0.29) is 18.1 Å². The number of carbonyl (C=O) groups is 1. The summed E-state index contributed by atoms with van der Waals surface area (Å²) in [6, 6.07) is 12.3. The van der Waals surface area contributed by atoms with Crippen LogP contribution in [-0.4, -0.2) is 26.9 Å². The predicted molar refractivity (Wildman–Crippen MR) is 101 cm³/mol. The molecule has 2 aromatic heterocycles. The Morgan fingerprint density at radius 2 is 2.04 bits per heavy atom. The number of nitrogens with one attached hydrogen (secondary N) is 1. The SMILES string of the molecule is Cc1cccc2nc3c(c(=O)n12)CN(C(=O)Nc1cccc(Cl)c1)CC3. The lowest BCUT2D eigenvalue weighted by Crippen LogP contribution is -2.42. The van der Waals surface area contributed by atoms with Gasteiger partial charge < -0.3 is 10.2 Å². The van der Waals surface area contributed by atoms with E-state index in [1.807, 2.05) is 25.1 Å². The summed E-state index contributed by atoms with van der Waals surface area (Å²) >= 11 is 5.95. The van der Waals surface area contributed by atoms with E-state index in [0.717, 1.165) is 11.4 Å². The van der Waals surface area contributed by atoms with Gasteiger partial charge in [-0.05, 0) is 37.3 Å². The second kappa shape index (κ2) is 6.46. The predicted octanol–water partition coefficient (Wildman–Crippen LogP) is 3.25. The minimum Gasteiger partial charge on any atom is -0.320 e. The molecule has 1 N–H and O–H groups in total. The highest BCUT2D eigenvalue weighted by Gasteiger charge is 2.25. The van der Waals surface area contributed by atoms with Crippen molar-refractivity contribution < 1.29 is 4.79 Å². The third-order valence-corrected chi connectivity index (χ3v) is 4.79. The number of hydrogen-bond acceptors (Lipinski definition) is 3. The van der Waals surface area contributed by atoms with Gasteiger partial charge in [-0.3, -0.25) is 9.20 Å². The smallest absolute Gasteiger partial charge is 0.320 e. The third kappa shape index (κ3) is 2.93. The van der Waals surface area contributed by atoms with Crippen LogP contribution in [0.1, 0.15) is 17.0 Å². The number of benzene rings is 1. The Balaban J connectivity index is 1.64. The molecule has 1 aliphatic rings. The summed E-state index contributed by atoms with van der Waals surface area (Å²) in [6.45, 7) is 2.62. The van der Waals surface area contributed by atoms with Gasteiger partial charge in [0.25, 0.3) is 5.56 Å². The molecule has 0 bridgehead atoms. The highest BCUT2D eigenvalue weighted by atomic mass is 35.5. The Labute approximate surface area is 155 Å². The first-order valence-electron chi connectivity index (χ1n) is 8.34. The van der Waals surface area contributed by atoms with E-state index in [1.54, 1.807) is 33.6 Å². The normalized spacial score (nSPS) is 13.5. The Morgan fingerprint density at radius 1 is 1.23 bits per heavy atom. The number of carbonyl (C=O) groups excluding carboxylic acids is 1. The first kappa shape index (κ1) is 16.6. The first-order chi connectivity index (χ1) is 12.5. The number of amides is 2. The number of fused-ring (bicyclic) bond motifs is 2. The molecule has 0 saturated carbocycles. The average molecular weight is 369 g/mol. The molecular weight excluding hydrogens is 352 g/mol. The van der Waals surface area contributed by atoms with Gasteiger partial charge >= 0.3 is 6.03 Å². The first-order valence-corrected chi connectivity index (χ1v) is 8.72. The van der Waals surface area contributed by atoms with Crippen LogP contribution in [0, 0.1) is 6.92 Å². The Kier molecular flexibility index (Phi) is 4.12. The molecule has 6 nitrogen and oxygen atoms in total. The third-order valence-electron chi connectivity index (χ3n) is 4.55. The van der Waals surface area contributed by atoms with Gasteiger partial charge in [-0.15, -0.1) is 0 Å². The quantitative estimate of drug-likeness (QED) is 0.717. The van der Waals surface area contributed by atoms with Crippen LogP contribution in [0.3, 0.4) is 0 Å². The summed E-state index contributed by atoms with van der Waals surface area (Å²) in [5.41, 5.74) is 3.33. The van der Waals surface area contributed by atoms with Gasteiger partial charge in [-0.2, -0.15) is 0 Å². The van der Waals surface area contributed by atoms with Crippen molar-refractivity contribution in [3.05, 3.63) is 74.8 Å². The number of hydrogen-bond donors (Lipinski definition) is 1. The molecule has 0 saturated heterocycles. The van der Waals surface area contributed by atoms with Crippen LogP contribution in [0.4, 0.5) is 10.5 Å². The fraction of sp³-hybridized carbons (Fsp3) is 0.211. The van der Waals surface area contributed by atoms with E-state index >= 15 is 0 Å². The molecule has 0 unspecified atom stereocenters. The van der Waals surface area contributed by atoms with E-state index < -0.39 is 0 Å². The number of pyridine rings is 1. The molecule has 2 amide bonds. The van der Waals surface area contributed by atoms with Crippen LogP contribution in [0.2, 0.25) is 5.02 Å². The molecule has 0 radical (unpaired) electrons. The second-order valence-corrected chi connectivity index (χ2v) is 6.75. The summed E-state index contributed by atoms with van der Waals surface area (Å²) in [5, 5.41) is 3.38. The lowest BCUT2D eigenvalue weighted by atomic mass is 10.1. The van der Waals surface area contributed by atoms with Crippen LogP contribution in [-0.2, 0) is 13.0 Å². The molecule has 1 aromatic carbocycles. The Morgan fingerprint density at radius 3 is 2.85 bits per heavy atom. The highest BCUT2D eigenvalue weighted by Crippen LogP contribution is 2.19. The van der Waals surface area contributed by atoms with Gasteiger partial charge in [0.15, 0.2) is 0 Å². The molecule has 0 aliphatic carbocycles. The molecule has 7 heteroatoms. The maximum absolute atomic E-state index is 12.9. The maximum atomic E-state index is 12.9. The van der Waals surface area contributed by atoms with Crippen molar-refractivity contribution in [1.29, 1.82) is 0 Å². The Bertz CT molecular complexity index is 1080. The van der Waals surface area contributed by atoms with E-state index in [0.29, 0.717) is 34.9 Å². The van der Waals surface area contributed by atoms with Gasteiger partial charge in [0.1, 0.15) is 5.65 Å². The number of urea groups is 1. The summed E-state index contributed by atoms with van der Waals surface area (Å²) in [5.74, 6) is 0. The van der Waals surface area contributed by atoms with Gasteiger partial charge in [0.05, 0.1) is 17.8 Å². The number of nitrogens with zero attached hydrogens (tertiary/aromatic N) is 3. The summed E-state index contributed by atoms with van der Waals surface area (Å²) in [6.07, 6.45) is 0.554. The van der Waals surface area contributed by atoms with Crippen molar-refractivity contribution in [1.82, 2.24) is 14.3 Å². The molecule has 3 heterocycles. The molecule has 3 aromatic rings. The molecule has 1 aliphatic heterocycles. The number of halogens is 1. The van der Waals surface area contributed by atoms with Gasteiger partial charge in [-0.1, -0.05) is 23.7 Å². The lowest BCUT2D eigenvalue weighted by Gasteiger charge is -2.28. The van der Waals surface area contributed by atoms with Crippen molar-refractivity contribution in [2.75, 3.05) is 11.9 Å². The van der Waals surface area contributed by atoms with Crippen molar-refractivity contribution >= 4 is 29.0 Å². The van der Waals surface area contributed by atoms with E-state index in [1.165, 1.54) is 0 Å². The van der Waals surface area contributed by atoms with Crippen molar-refractivity contribution in [3.63, 3.8) is 0 Å². The summed E-state index contributed by atoms with van der Waals surface area (Å²) < 4.78 is 1.59. The van der Waals surface area contributed by atoms with Gasteiger partial charge in [-0.25, -0.2) is 9.78 Å². The zero-order valence-corrected chi connectivity index (χ0v) is 15.0. The standard InChI is InChI=1S/C19H17ClN4O2/c1-12-4-2-7-17-22-16-8-9-23(11-15(16)18(25)24(12)17)19(26)21-14-6-3-5-13(20)10-14/h2-7,10H,8-9,11H2,1H3,(H,21,26). The van der Waals surface area contributed by atoms with Crippen LogP contribution in [0.5, 0.6) is 0 Å². The maximum Gasteiger partial charge on any atom is 0.322 e. The lowest BCUT2D eigenvalue weighted by molar-refractivity contribution is 0.205. The molecular formula is C19H17ClN4O2. The van der Waals surface area contributed by atoms with Crippen LogP contribution in [0.25, 0.3) is 5.65 Å². The van der Waals surface area contributed by atoms with Crippen molar-refractivity contribution in [3.8, 4) is 0 Å². The topological polar surface area (TPSA) is 66.7 Å². The average Bonchev–Trinajstić information content (AvgIpc) is 2.61. The van der Waals surface area contributed by atoms with Crippen molar-refractivity contribution in [2.45, 2.75) is 19.9 Å². The van der Waals surface area contributed by atoms with Crippen molar-refractivity contribution in [2.24, 2.45) is 0 Å². The van der Waals surface area contributed by atoms with Crippen LogP contribution < -0.4 is 10.9 Å². The highest BCUT2D eigenvalue weighted by molar-refractivity contribution is 6.30. The number of aryl methyl sites for hydroxylation is 1. The van der Waals surface area contributed by atoms with Gasteiger partial charge in [0, 0.05) is 29.4 Å². The second-order valence-electron chi connectivity index (χ2n) is 6.32. The zero-order chi connectivity index (χ0) is 18.3. The minimum atomic E-state index is -0.257. The largest absolute Gasteiger partial charge is 0.322 e. The van der Waals surface area contributed by atoms with E-state index in [4.69, 9.17) is 11.6 Å². The minimum absolute atomic E-state index is 0.108. The molecule has 0 spiro atoms. The molecule has 4 rings (SSSR count). The molecule has 0 fully saturated rings. The summed E-state index contributed by atoms with van der Waals surface area (Å²) in [4.78, 5) is 31.7.